The average molecular weight is 347 g/mol. The molecule has 1 rings (SSSR count). The number of rotatable bonds is 7. The van der Waals surface area contributed by atoms with Crippen molar-refractivity contribution in [1.82, 2.24) is 5.32 Å². The van der Waals surface area contributed by atoms with Crippen LogP contribution in [0.1, 0.15) is 26.2 Å². The third kappa shape index (κ3) is 5.88. The van der Waals surface area contributed by atoms with E-state index >= 15 is 0 Å². The summed E-state index contributed by atoms with van der Waals surface area (Å²) in [6, 6.07) is 3.91. The SMILES string of the molecule is CCCC(CCO)CNC(=O)Nc1cc(Br)ccc1F. The lowest BCUT2D eigenvalue weighted by atomic mass is 10.0. The predicted molar refractivity (Wildman–Crippen MR) is 81.2 cm³/mol. The van der Waals surface area contributed by atoms with Crippen LogP contribution in [0.5, 0.6) is 0 Å². The van der Waals surface area contributed by atoms with E-state index < -0.39 is 11.8 Å². The lowest BCUT2D eigenvalue weighted by Crippen LogP contribution is -2.33. The fourth-order valence-corrected chi connectivity index (χ4v) is 2.30. The molecule has 0 aromatic heterocycles. The van der Waals surface area contributed by atoms with Crippen LogP contribution in [0.3, 0.4) is 0 Å². The molecular formula is C14H20BrFN2O2. The number of hydrogen-bond donors (Lipinski definition) is 3. The molecule has 20 heavy (non-hydrogen) atoms. The summed E-state index contributed by atoms with van der Waals surface area (Å²) in [6.45, 7) is 2.63. The highest BCUT2D eigenvalue weighted by Gasteiger charge is 2.11. The number of carbonyl (C=O) groups is 1. The number of benzene rings is 1. The summed E-state index contributed by atoms with van der Waals surface area (Å²) in [5, 5.41) is 14.1. The lowest BCUT2D eigenvalue weighted by Gasteiger charge is -2.16. The van der Waals surface area contributed by atoms with Gasteiger partial charge in [0.05, 0.1) is 5.69 Å². The largest absolute Gasteiger partial charge is 0.396 e. The van der Waals surface area contributed by atoms with Crippen molar-refractivity contribution in [1.29, 1.82) is 0 Å². The lowest BCUT2D eigenvalue weighted by molar-refractivity contribution is 0.236. The molecule has 0 aliphatic rings. The van der Waals surface area contributed by atoms with Gasteiger partial charge in [-0.15, -0.1) is 0 Å². The summed E-state index contributed by atoms with van der Waals surface area (Å²) in [6.07, 6.45) is 2.58. The van der Waals surface area contributed by atoms with E-state index in [1.807, 2.05) is 0 Å². The highest BCUT2D eigenvalue weighted by molar-refractivity contribution is 9.10. The summed E-state index contributed by atoms with van der Waals surface area (Å²) < 4.78 is 14.2. The van der Waals surface area contributed by atoms with E-state index in [1.165, 1.54) is 12.1 Å². The van der Waals surface area contributed by atoms with E-state index in [0.717, 1.165) is 12.8 Å². The summed E-state index contributed by atoms with van der Waals surface area (Å²) >= 11 is 3.22. The van der Waals surface area contributed by atoms with Crippen LogP contribution in [0, 0.1) is 11.7 Å². The summed E-state index contributed by atoms with van der Waals surface area (Å²) in [4.78, 5) is 11.7. The number of aliphatic hydroxyl groups is 1. The Kier molecular flexibility index (Phi) is 7.54. The van der Waals surface area contributed by atoms with E-state index in [9.17, 15) is 9.18 Å². The molecule has 4 nitrogen and oxygen atoms in total. The first-order chi connectivity index (χ1) is 9.56. The van der Waals surface area contributed by atoms with E-state index in [0.29, 0.717) is 17.4 Å². The van der Waals surface area contributed by atoms with Gasteiger partial charge in [0, 0.05) is 17.6 Å². The second-order valence-electron chi connectivity index (χ2n) is 4.63. The smallest absolute Gasteiger partial charge is 0.319 e. The van der Waals surface area contributed by atoms with Crippen LogP contribution in [0.25, 0.3) is 0 Å². The molecule has 1 aromatic carbocycles. The second kappa shape index (κ2) is 8.92. The molecule has 1 unspecified atom stereocenters. The van der Waals surface area contributed by atoms with Crippen molar-refractivity contribution in [3.05, 3.63) is 28.5 Å². The molecule has 112 valence electrons. The molecule has 0 aliphatic carbocycles. The molecule has 0 saturated heterocycles. The quantitative estimate of drug-likeness (QED) is 0.707. The third-order valence-electron chi connectivity index (χ3n) is 2.96. The molecule has 0 aliphatic heterocycles. The Morgan fingerprint density at radius 2 is 2.20 bits per heavy atom. The standard InChI is InChI=1S/C14H20BrFN2O2/c1-2-3-10(6-7-19)9-17-14(20)18-13-8-11(15)4-5-12(13)16/h4-5,8,10,19H,2-3,6-7,9H2,1H3,(H2,17,18,20). The highest BCUT2D eigenvalue weighted by Crippen LogP contribution is 2.19. The van der Waals surface area contributed by atoms with Gasteiger partial charge in [0.15, 0.2) is 0 Å². The Balaban J connectivity index is 2.48. The Hall–Kier alpha value is -1.14. The Bertz CT molecular complexity index is 437. The topological polar surface area (TPSA) is 61.4 Å². The molecular weight excluding hydrogens is 327 g/mol. The molecule has 0 bridgehead atoms. The van der Waals surface area contributed by atoms with Gasteiger partial charge in [-0.25, -0.2) is 9.18 Å². The zero-order chi connectivity index (χ0) is 15.0. The van der Waals surface area contributed by atoms with Crippen molar-refractivity contribution in [2.24, 2.45) is 5.92 Å². The van der Waals surface area contributed by atoms with Gasteiger partial charge >= 0.3 is 6.03 Å². The summed E-state index contributed by atoms with van der Waals surface area (Å²) in [7, 11) is 0. The number of halogens is 2. The first-order valence-corrected chi connectivity index (χ1v) is 7.46. The highest BCUT2D eigenvalue weighted by atomic mass is 79.9. The predicted octanol–water partition coefficient (Wildman–Crippen LogP) is 3.51. The number of aliphatic hydroxyl groups excluding tert-OH is 1. The van der Waals surface area contributed by atoms with Crippen molar-refractivity contribution in [3.63, 3.8) is 0 Å². The molecule has 0 fully saturated rings. The van der Waals surface area contributed by atoms with Crippen molar-refractivity contribution >= 4 is 27.6 Å². The number of amides is 2. The maximum atomic E-state index is 13.5. The van der Waals surface area contributed by atoms with Crippen LogP contribution in [-0.2, 0) is 0 Å². The first kappa shape index (κ1) is 16.9. The molecule has 0 heterocycles. The zero-order valence-electron chi connectivity index (χ0n) is 11.5. The molecule has 0 spiro atoms. The molecule has 0 radical (unpaired) electrons. The molecule has 0 saturated carbocycles. The Labute approximate surface area is 126 Å². The number of anilines is 1. The van der Waals surface area contributed by atoms with Crippen molar-refractivity contribution in [3.8, 4) is 0 Å². The number of carbonyl (C=O) groups excluding carboxylic acids is 1. The van der Waals surface area contributed by atoms with E-state index in [2.05, 4.69) is 33.5 Å². The first-order valence-electron chi connectivity index (χ1n) is 6.67. The van der Waals surface area contributed by atoms with Gasteiger partial charge in [0.1, 0.15) is 5.82 Å². The number of urea groups is 1. The average Bonchev–Trinajstić information content (AvgIpc) is 2.41. The van der Waals surface area contributed by atoms with Gasteiger partial charge in [-0.1, -0.05) is 29.3 Å². The maximum Gasteiger partial charge on any atom is 0.319 e. The fourth-order valence-electron chi connectivity index (χ4n) is 1.94. The summed E-state index contributed by atoms with van der Waals surface area (Å²) in [5.74, 6) is -0.244. The van der Waals surface area contributed by atoms with Gasteiger partial charge in [0.2, 0.25) is 0 Å². The van der Waals surface area contributed by atoms with Gasteiger partial charge in [-0.05, 0) is 37.0 Å². The second-order valence-corrected chi connectivity index (χ2v) is 5.54. The van der Waals surface area contributed by atoms with Crippen LogP contribution < -0.4 is 10.6 Å². The van der Waals surface area contributed by atoms with E-state index in [1.54, 1.807) is 6.07 Å². The monoisotopic (exact) mass is 346 g/mol. The van der Waals surface area contributed by atoms with E-state index in [-0.39, 0.29) is 18.2 Å². The molecule has 3 N–H and O–H groups in total. The molecule has 1 atom stereocenters. The van der Waals surface area contributed by atoms with Crippen LogP contribution in [0.2, 0.25) is 0 Å². The van der Waals surface area contributed by atoms with Gasteiger partial charge in [-0.3, -0.25) is 0 Å². The minimum absolute atomic E-state index is 0.105. The summed E-state index contributed by atoms with van der Waals surface area (Å²) in [5.41, 5.74) is 0.131. The van der Waals surface area contributed by atoms with E-state index in [4.69, 9.17) is 5.11 Å². The minimum atomic E-state index is -0.483. The zero-order valence-corrected chi connectivity index (χ0v) is 13.0. The Morgan fingerprint density at radius 1 is 1.45 bits per heavy atom. The fraction of sp³-hybridized carbons (Fsp3) is 0.500. The normalized spacial score (nSPS) is 12.0. The van der Waals surface area contributed by atoms with Gasteiger partial charge in [0.25, 0.3) is 0 Å². The van der Waals surface area contributed by atoms with Crippen molar-refractivity contribution < 1.29 is 14.3 Å². The minimum Gasteiger partial charge on any atom is -0.396 e. The molecule has 1 aromatic rings. The molecule has 6 heteroatoms. The number of nitrogens with one attached hydrogen (secondary N) is 2. The van der Waals surface area contributed by atoms with Crippen LogP contribution >= 0.6 is 15.9 Å². The van der Waals surface area contributed by atoms with Crippen molar-refractivity contribution in [2.75, 3.05) is 18.5 Å². The molecule has 2 amide bonds. The third-order valence-corrected chi connectivity index (χ3v) is 3.46. The van der Waals surface area contributed by atoms with Crippen LogP contribution in [0.4, 0.5) is 14.9 Å². The van der Waals surface area contributed by atoms with Crippen LogP contribution in [0.15, 0.2) is 22.7 Å². The maximum absolute atomic E-state index is 13.5. The van der Waals surface area contributed by atoms with Gasteiger partial charge in [-0.2, -0.15) is 0 Å². The Morgan fingerprint density at radius 3 is 2.85 bits per heavy atom. The van der Waals surface area contributed by atoms with Gasteiger partial charge < -0.3 is 15.7 Å². The van der Waals surface area contributed by atoms with Crippen LogP contribution in [-0.4, -0.2) is 24.3 Å². The van der Waals surface area contributed by atoms with Crippen molar-refractivity contribution in [2.45, 2.75) is 26.2 Å². The number of hydrogen-bond acceptors (Lipinski definition) is 2.